The number of aryl methyl sites for hydroxylation is 2. The van der Waals surface area contributed by atoms with Gasteiger partial charge in [0.1, 0.15) is 17.3 Å². The largest absolute Gasteiger partial charge is 0.507 e. The molecule has 1 N–H and O–H groups in total. The predicted molar refractivity (Wildman–Crippen MR) is 129 cm³/mol. The molecule has 1 fully saturated rings. The van der Waals surface area contributed by atoms with E-state index in [-0.39, 0.29) is 11.3 Å². The molecule has 6 nitrogen and oxygen atoms in total. The molecule has 0 radical (unpaired) electrons. The number of amides is 1. The Morgan fingerprint density at radius 1 is 1.06 bits per heavy atom. The van der Waals surface area contributed by atoms with Gasteiger partial charge in [-0.05, 0) is 78.9 Å². The molecule has 2 aliphatic heterocycles. The molecule has 1 unspecified atom stereocenters. The van der Waals surface area contributed by atoms with Crippen molar-refractivity contribution in [1.82, 2.24) is 0 Å². The maximum Gasteiger partial charge on any atom is 0.300 e. The Morgan fingerprint density at radius 2 is 1.88 bits per heavy atom. The number of anilines is 1. The number of hydrogen-bond acceptors (Lipinski definition) is 5. The van der Waals surface area contributed by atoms with Crippen LogP contribution in [-0.4, -0.2) is 30.5 Å². The summed E-state index contributed by atoms with van der Waals surface area (Å²) in [4.78, 5) is 28.1. The molecule has 3 aromatic rings. The SMILES string of the molecule is COc1cccc(C2/C(=C(/O)c3ccc4c(c3)CCCO4)C(=O)C(=O)N2c2cccc(C)c2)c1. The Hall–Kier alpha value is -4.06. The number of nitrogens with zero attached hydrogens (tertiary/aromatic N) is 1. The van der Waals surface area contributed by atoms with E-state index >= 15 is 0 Å². The Balaban J connectivity index is 1.71. The zero-order chi connectivity index (χ0) is 23.8. The van der Waals surface area contributed by atoms with Gasteiger partial charge in [0, 0.05) is 11.3 Å². The lowest BCUT2D eigenvalue weighted by atomic mass is 9.93. The first-order valence-electron chi connectivity index (χ1n) is 11.3. The molecule has 1 atom stereocenters. The summed E-state index contributed by atoms with van der Waals surface area (Å²) in [6.07, 6.45) is 1.71. The fraction of sp³-hybridized carbons (Fsp3) is 0.214. The number of fused-ring (bicyclic) bond motifs is 1. The molecule has 0 bridgehead atoms. The van der Waals surface area contributed by atoms with E-state index in [1.165, 1.54) is 4.90 Å². The van der Waals surface area contributed by atoms with Crippen LogP contribution < -0.4 is 14.4 Å². The van der Waals surface area contributed by atoms with Crippen LogP contribution in [0.3, 0.4) is 0 Å². The Bertz CT molecular complexity index is 1330. The number of carbonyl (C=O) groups excluding carboxylic acids is 2. The van der Waals surface area contributed by atoms with E-state index in [1.54, 1.807) is 43.5 Å². The van der Waals surface area contributed by atoms with Crippen LogP contribution in [0.2, 0.25) is 0 Å². The van der Waals surface area contributed by atoms with E-state index in [0.29, 0.717) is 29.2 Å². The number of rotatable bonds is 4. The zero-order valence-electron chi connectivity index (χ0n) is 19.1. The van der Waals surface area contributed by atoms with Crippen LogP contribution in [0, 0.1) is 6.92 Å². The van der Waals surface area contributed by atoms with E-state index in [1.807, 2.05) is 37.3 Å². The topological polar surface area (TPSA) is 76.1 Å². The fourth-order valence-electron chi connectivity index (χ4n) is 4.67. The number of aliphatic hydroxyl groups excluding tert-OH is 1. The molecule has 0 spiro atoms. The third-order valence-electron chi connectivity index (χ3n) is 6.32. The van der Waals surface area contributed by atoms with Crippen LogP contribution in [0.15, 0.2) is 72.3 Å². The molecule has 34 heavy (non-hydrogen) atoms. The first-order chi connectivity index (χ1) is 16.5. The van der Waals surface area contributed by atoms with Crippen molar-refractivity contribution in [1.29, 1.82) is 0 Å². The van der Waals surface area contributed by atoms with Crippen molar-refractivity contribution in [2.45, 2.75) is 25.8 Å². The summed E-state index contributed by atoms with van der Waals surface area (Å²) in [5.41, 5.74) is 3.73. The lowest BCUT2D eigenvalue weighted by Gasteiger charge is -2.26. The van der Waals surface area contributed by atoms with Gasteiger partial charge in [0.05, 0.1) is 25.3 Å². The van der Waals surface area contributed by atoms with Crippen LogP contribution in [0.25, 0.3) is 5.76 Å². The summed E-state index contributed by atoms with van der Waals surface area (Å²) < 4.78 is 11.1. The Morgan fingerprint density at radius 3 is 2.68 bits per heavy atom. The van der Waals surface area contributed by atoms with Crippen LogP contribution >= 0.6 is 0 Å². The highest BCUT2D eigenvalue weighted by Crippen LogP contribution is 2.43. The minimum atomic E-state index is -0.802. The molecular formula is C28H25NO5. The van der Waals surface area contributed by atoms with E-state index in [4.69, 9.17) is 9.47 Å². The molecule has 2 heterocycles. The van der Waals surface area contributed by atoms with Crippen LogP contribution in [0.5, 0.6) is 11.5 Å². The van der Waals surface area contributed by atoms with Crippen molar-refractivity contribution in [2.24, 2.45) is 0 Å². The van der Waals surface area contributed by atoms with Crippen LogP contribution in [0.1, 0.15) is 34.7 Å². The summed E-state index contributed by atoms with van der Waals surface area (Å²) in [7, 11) is 1.56. The second-order valence-corrected chi connectivity index (χ2v) is 8.56. The first kappa shape index (κ1) is 21.8. The molecule has 1 saturated heterocycles. The Labute approximate surface area is 198 Å². The summed E-state index contributed by atoms with van der Waals surface area (Å²) in [5, 5.41) is 11.4. The lowest BCUT2D eigenvalue weighted by Crippen LogP contribution is -2.29. The third-order valence-corrected chi connectivity index (χ3v) is 6.32. The number of Topliss-reactive ketones (excluding diaryl/α,β-unsaturated/α-hetero) is 1. The van der Waals surface area contributed by atoms with E-state index in [9.17, 15) is 14.7 Å². The molecule has 3 aromatic carbocycles. The summed E-state index contributed by atoms with van der Waals surface area (Å²) in [6.45, 7) is 2.59. The smallest absolute Gasteiger partial charge is 0.300 e. The van der Waals surface area contributed by atoms with Crippen molar-refractivity contribution in [3.63, 3.8) is 0 Å². The third kappa shape index (κ3) is 3.71. The van der Waals surface area contributed by atoms with Gasteiger partial charge in [0.25, 0.3) is 11.7 Å². The summed E-state index contributed by atoms with van der Waals surface area (Å²) in [5.74, 6) is -0.220. The van der Waals surface area contributed by atoms with Crippen molar-refractivity contribution in [3.8, 4) is 11.5 Å². The number of ketones is 1. The number of methoxy groups -OCH3 is 1. The molecule has 6 heteroatoms. The van der Waals surface area contributed by atoms with Crippen LogP contribution in [0.4, 0.5) is 5.69 Å². The van der Waals surface area contributed by atoms with Crippen molar-refractivity contribution in [3.05, 3.63) is 94.6 Å². The average molecular weight is 456 g/mol. The molecule has 0 aliphatic carbocycles. The number of aliphatic hydroxyl groups is 1. The van der Waals surface area contributed by atoms with E-state index in [2.05, 4.69) is 0 Å². The Kier molecular flexibility index (Phi) is 5.57. The van der Waals surface area contributed by atoms with E-state index < -0.39 is 17.7 Å². The quantitative estimate of drug-likeness (QED) is 0.342. The van der Waals surface area contributed by atoms with Gasteiger partial charge in [-0.2, -0.15) is 0 Å². The lowest BCUT2D eigenvalue weighted by molar-refractivity contribution is -0.132. The van der Waals surface area contributed by atoms with Crippen molar-refractivity contribution < 1.29 is 24.2 Å². The van der Waals surface area contributed by atoms with Gasteiger partial charge in [-0.15, -0.1) is 0 Å². The number of ether oxygens (including phenoxy) is 2. The van der Waals surface area contributed by atoms with Crippen molar-refractivity contribution >= 4 is 23.1 Å². The number of carbonyl (C=O) groups is 2. The fourth-order valence-corrected chi connectivity index (χ4v) is 4.67. The first-order valence-corrected chi connectivity index (χ1v) is 11.3. The second-order valence-electron chi connectivity index (χ2n) is 8.56. The van der Waals surface area contributed by atoms with Gasteiger partial charge < -0.3 is 14.6 Å². The molecular weight excluding hydrogens is 430 g/mol. The van der Waals surface area contributed by atoms with E-state index in [0.717, 1.165) is 29.7 Å². The molecule has 172 valence electrons. The molecule has 2 aliphatic rings. The normalized spacial score (nSPS) is 19.0. The number of benzene rings is 3. The highest BCUT2D eigenvalue weighted by molar-refractivity contribution is 6.51. The molecule has 0 aromatic heterocycles. The molecule has 1 amide bonds. The summed E-state index contributed by atoms with van der Waals surface area (Å²) >= 11 is 0. The molecule has 5 rings (SSSR count). The highest BCUT2D eigenvalue weighted by atomic mass is 16.5. The van der Waals surface area contributed by atoms with Crippen LogP contribution in [-0.2, 0) is 16.0 Å². The standard InChI is InChI=1S/C28H25NO5/c1-17-6-3-9-21(14-17)29-25(19-7-4-10-22(16-19)33-2)24(27(31)28(29)32)26(30)20-11-12-23-18(15-20)8-5-13-34-23/h3-4,6-7,9-12,14-16,25,30H,5,8,13H2,1-2H3/b26-24-. The van der Waals surface area contributed by atoms with Gasteiger partial charge in [-0.25, -0.2) is 0 Å². The van der Waals surface area contributed by atoms with Gasteiger partial charge in [0.15, 0.2) is 0 Å². The maximum absolute atomic E-state index is 13.4. The average Bonchev–Trinajstić information content (AvgIpc) is 3.13. The van der Waals surface area contributed by atoms with Gasteiger partial charge in [-0.1, -0.05) is 24.3 Å². The minimum absolute atomic E-state index is 0.0523. The predicted octanol–water partition coefficient (Wildman–Crippen LogP) is 4.95. The molecule has 0 saturated carbocycles. The van der Waals surface area contributed by atoms with Gasteiger partial charge in [-0.3, -0.25) is 14.5 Å². The summed E-state index contributed by atoms with van der Waals surface area (Å²) in [6, 6.07) is 19.2. The highest BCUT2D eigenvalue weighted by Gasteiger charge is 2.47. The monoisotopic (exact) mass is 455 g/mol. The van der Waals surface area contributed by atoms with Gasteiger partial charge >= 0.3 is 0 Å². The van der Waals surface area contributed by atoms with Gasteiger partial charge in [0.2, 0.25) is 0 Å². The maximum atomic E-state index is 13.4. The van der Waals surface area contributed by atoms with Crippen molar-refractivity contribution in [2.75, 3.05) is 18.6 Å². The zero-order valence-corrected chi connectivity index (χ0v) is 19.1. The minimum Gasteiger partial charge on any atom is -0.507 e. The second kappa shape index (κ2) is 8.71. The number of hydrogen-bond donors (Lipinski definition) is 1.